The summed E-state index contributed by atoms with van der Waals surface area (Å²) < 4.78 is 7.58. The van der Waals surface area contributed by atoms with Gasteiger partial charge in [0, 0.05) is 31.9 Å². The maximum Gasteiger partial charge on any atom is 0.274 e. The zero-order valence-electron chi connectivity index (χ0n) is 15.5. The number of hydrogen-bond acceptors (Lipinski definition) is 3. The number of ether oxygens (including phenoxy) is 1. The molecule has 29 heavy (non-hydrogen) atoms. The van der Waals surface area contributed by atoms with Crippen LogP contribution in [0.5, 0.6) is 5.75 Å². The van der Waals surface area contributed by atoms with Gasteiger partial charge >= 0.3 is 0 Å². The summed E-state index contributed by atoms with van der Waals surface area (Å²) in [5, 5.41) is 0.908. The van der Waals surface area contributed by atoms with Gasteiger partial charge in [-0.1, -0.05) is 59.6 Å². The zero-order valence-corrected chi connectivity index (χ0v) is 17.0. The average Bonchev–Trinajstić information content (AvgIpc) is 2.73. The first kappa shape index (κ1) is 19.6. The number of carbonyl (C=O) groups excluding carboxylic acids is 1. The fraction of sp³-hybridized carbons (Fsp3) is 0.182. The summed E-state index contributed by atoms with van der Waals surface area (Å²) in [5.74, 6) is -0.164. The van der Waals surface area contributed by atoms with Crippen LogP contribution in [-0.4, -0.2) is 21.9 Å². The molecule has 0 saturated carbocycles. The predicted molar refractivity (Wildman–Crippen MR) is 113 cm³/mol. The molecule has 1 aromatic heterocycles. The highest BCUT2D eigenvalue weighted by Gasteiger charge is 2.29. The minimum absolute atomic E-state index is 0.0835. The fourth-order valence-corrected chi connectivity index (χ4v) is 3.64. The Balaban J connectivity index is 1.60. The Morgan fingerprint density at radius 3 is 2.45 bits per heavy atom. The largest absolute Gasteiger partial charge is 0.483 e. The number of fused-ring (bicyclic) bond motifs is 1. The molecule has 0 aliphatic carbocycles. The van der Waals surface area contributed by atoms with E-state index in [9.17, 15) is 9.59 Å². The molecule has 2 heterocycles. The summed E-state index contributed by atoms with van der Waals surface area (Å²) in [7, 11) is 0. The zero-order chi connectivity index (χ0) is 20.4. The first-order valence-corrected chi connectivity index (χ1v) is 9.92. The topological polar surface area (TPSA) is 51.5 Å². The van der Waals surface area contributed by atoms with Crippen molar-refractivity contribution in [3.63, 3.8) is 0 Å². The molecule has 0 bridgehead atoms. The van der Waals surface area contributed by atoms with E-state index < -0.39 is 0 Å². The number of benzene rings is 2. The lowest BCUT2D eigenvalue weighted by Crippen LogP contribution is -2.41. The van der Waals surface area contributed by atoms with Gasteiger partial charge in [0.1, 0.15) is 6.61 Å². The molecule has 0 fully saturated rings. The lowest BCUT2D eigenvalue weighted by molar-refractivity contribution is 0.0680. The summed E-state index contributed by atoms with van der Waals surface area (Å²) in [6.07, 6.45) is 1.64. The van der Waals surface area contributed by atoms with Crippen molar-refractivity contribution in [2.24, 2.45) is 0 Å². The third-order valence-electron chi connectivity index (χ3n) is 4.82. The number of hydrogen-bond donors (Lipinski definition) is 0. The lowest BCUT2D eigenvalue weighted by Gasteiger charge is -2.31. The van der Waals surface area contributed by atoms with Gasteiger partial charge in [-0.3, -0.25) is 9.59 Å². The number of amides is 1. The smallest absolute Gasteiger partial charge is 0.274 e. The van der Waals surface area contributed by atoms with Crippen molar-refractivity contribution < 1.29 is 9.53 Å². The molecule has 0 radical (unpaired) electrons. The highest BCUT2D eigenvalue weighted by molar-refractivity contribution is 6.42. The summed E-state index contributed by atoms with van der Waals surface area (Å²) in [6.45, 7) is 1.68. The van der Waals surface area contributed by atoms with Crippen molar-refractivity contribution >= 4 is 29.1 Å². The van der Waals surface area contributed by atoms with E-state index in [1.807, 2.05) is 36.4 Å². The summed E-state index contributed by atoms with van der Waals surface area (Å²) in [5.41, 5.74) is 1.76. The van der Waals surface area contributed by atoms with Crippen LogP contribution in [-0.2, 0) is 19.7 Å². The molecule has 4 rings (SSSR count). The van der Waals surface area contributed by atoms with E-state index in [0.29, 0.717) is 29.7 Å². The Hall–Kier alpha value is -2.76. The molecule has 1 amide bonds. The molecule has 0 saturated heterocycles. The van der Waals surface area contributed by atoms with E-state index in [4.69, 9.17) is 27.9 Å². The van der Waals surface area contributed by atoms with Crippen molar-refractivity contribution in [3.8, 4) is 5.75 Å². The predicted octanol–water partition coefficient (Wildman–Crippen LogP) is 4.39. The molecular formula is C22H18Cl2N2O3. The van der Waals surface area contributed by atoms with Crippen LogP contribution in [0.1, 0.15) is 21.6 Å². The van der Waals surface area contributed by atoms with Crippen LogP contribution in [0.2, 0.25) is 10.0 Å². The SMILES string of the molecule is O=C1c2c(OCc3ccccc3)c(=O)ccn2CCN1Cc1ccc(Cl)c(Cl)c1. The first-order chi connectivity index (χ1) is 14.0. The number of rotatable bonds is 5. The van der Waals surface area contributed by atoms with Gasteiger partial charge in [-0.05, 0) is 23.3 Å². The maximum absolute atomic E-state index is 13.2. The molecule has 1 aliphatic heterocycles. The minimum atomic E-state index is -0.308. The fourth-order valence-electron chi connectivity index (χ4n) is 3.32. The van der Waals surface area contributed by atoms with Gasteiger partial charge in [0.2, 0.25) is 5.43 Å². The second-order valence-electron chi connectivity index (χ2n) is 6.80. The standard InChI is InChI=1S/C22H18Cl2N2O3/c23-17-7-6-16(12-18(17)24)13-26-11-10-25-9-8-19(27)21(20(25)22(26)28)29-14-15-4-2-1-3-5-15/h1-9,12H,10-11,13-14H2. The van der Waals surface area contributed by atoms with Gasteiger partial charge < -0.3 is 14.2 Å². The normalized spacial score (nSPS) is 13.3. The van der Waals surface area contributed by atoms with Crippen LogP contribution in [0.3, 0.4) is 0 Å². The molecule has 3 aromatic rings. The van der Waals surface area contributed by atoms with Crippen molar-refractivity contribution in [1.82, 2.24) is 9.47 Å². The van der Waals surface area contributed by atoms with Crippen molar-refractivity contribution in [2.45, 2.75) is 19.7 Å². The van der Waals surface area contributed by atoms with Gasteiger partial charge in [-0.15, -0.1) is 0 Å². The van der Waals surface area contributed by atoms with Gasteiger partial charge in [-0.2, -0.15) is 0 Å². The van der Waals surface area contributed by atoms with Gasteiger partial charge in [0.25, 0.3) is 5.91 Å². The minimum Gasteiger partial charge on any atom is -0.483 e. The van der Waals surface area contributed by atoms with E-state index in [2.05, 4.69) is 0 Å². The Bertz CT molecular complexity index is 1110. The number of carbonyl (C=O) groups is 1. The molecule has 1 aliphatic rings. The Kier molecular flexibility index (Phi) is 5.60. The molecule has 0 spiro atoms. The molecule has 0 N–H and O–H groups in total. The van der Waals surface area contributed by atoms with Crippen molar-refractivity contribution in [3.05, 3.63) is 97.9 Å². The monoisotopic (exact) mass is 428 g/mol. The molecular weight excluding hydrogens is 411 g/mol. The van der Waals surface area contributed by atoms with Crippen LogP contribution in [0.15, 0.2) is 65.6 Å². The van der Waals surface area contributed by atoms with Gasteiger partial charge in [0.05, 0.1) is 10.0 Å². The van der Waals surface area contributed by atoms with Gasteiger partial charge in [0.15, 0.2) is 11.4 Å². The maximum atomic E-state index is 13.2. The second-order valence-corrected chi connectivity index (χ2v) is 7.61. The van der Waals surface area contributed by atoms with Crippen LogP contribution in [0.4, 0.5) is 0 Å². The van der Waals surface area contributed by atoms with Crippen LogP contribution < -0.4 is 10.2 Å². The van der Waals surface area contributed by atoms with Crippen LogP contribution in [0, 0.1) is 0 Å². The number of nitrogens with zero attached hydrogens (tertiary/aromatic N) is 2. The van der Waals surface area contributed by atoms with E-state index in [1.54, 1.807) is 27.8 Å². The molecule has 2 aromatic carbocycles. The summed E-state index contributed by atoms with van der Waals surface area (Å²) in [6, 6.07) is 16.3. The van der Waals surface area contributed by atoms with Crippen molar-refractivity contribution in [2.75, 3.05) is 6.54 Å². The molecule has 0 atom stereocenters. The van der Waals surface area contributed by atoms with E-state index in [1.165, 1.54) is 6.07 Å². The Morgan fingerprint density at radius 2 is 1.69 bits per heavy atom. The van der Waals surface area contributed by atoms with E-state index in [0.717, 1.165) is 11.1 Å². The molecule has 148 valence electrons. The third-order valence-corrected chi connectivity index (χ3v) is 5.56. The molecule has 5 nitrogen and oxygen atoms in total. The average molecular weight is 429 g/mol. The van der Waals surface area contributed by atoms with Crippen LogP contribution >= 0.6 is 23.2 Å². The third kappa shape index (κ3) is 4.16. The highest BCUT2D eigenvalue weighted by atomic mass is 35.5. The summed E-state index contributed by atoms with van der Waals surface area (Å²) in [4.78, 5) is 27.3. The molecule has 7 heteroatoms. The Labute approximate surface area is 178 Å². The van der Waals surface area contributed by atoms with E-state index >= 15 is 0 Å². The first-order valence-electron chi connectivity index (χ1n) is 9.16. The highest BCUT2D eigenvalue weighted by Crippen LogP contribution is 2.26. The van der Waals surface area contributed by atoms with Crippen molar-refractivity contribution in [1.29, 1.82) is 0 Å². The van der Waals surface area contributed by atoms with Gasteiger partial charge in [-0.25, -0.2) is 0 Å². The number of halogens is 2. The summed E-state index contributed by atoms with van der Waals surface area (Å²) >= 11 is 12.1. The van der Waals surface area contributed by atoms with Crippen LogP contribution in [0.25, 0.3) is 0 Å². The Morgan fingerprint density at radius 1 is 0.897 bits per heavy atom. The lowest BCUT2D eigenvalue weighted by atomic mass is 10.1. The quantitative estimate of drug-likeness (QED) is 0.605. The molecule has 0 unspecified atom stereocenters. The number of pyridine rings is 1. The number of aromatic nitrogens is 1. The van der Waals surface area contributed by atoms with E-state index in [-0.39, 0.29) is 29.4 Å². The second kappa shape index (κ2) is 8.31.